The van der Waals surface area contributed by atoms with Crippen molar-refractivity contribution in [1.29, 1.82) is 0 Å². The Labute approximate surface area is 187 Å². The van der Waals surface area contributed by atoms with Crippen LogP contribution in [0.25, 0.3) is 0 Å². The first-order valence-electron chi connectivity index (χ1n) is 9.34. The van der Waals surface area contributed by atoms with Gasteiger partial charge in [0.05, 0.1) is 22.8 Å². The second-order valence-electron chi connectivity index (χ2n) is 6.42. The quantitative estimate of drug-likeness (QED) is 0.145. The molecule has 0 bridgehead atoms. The third-order valence-corrected chi connectivity index (χ3v) is 4.81. The van der Waals surface area contributed by atoms with E-state index in [4.69, 9.17) is 17.0 Å². The van der Waals surface area contributed by atoms with Crippen molar-refractivity contribution in [3.63, 3.8) is 0 Å². The highest BCUT2D eigenvalue weighted by atomic mass is 79.9. The summed E-state index contributed by atoms with van der Waals surface area (Å²) >= 11 is 8.45. The summed E-state index contributed by atoms with van der Waals surface area (Å²) in [7, 11) is 0. The smallest absolute Gasteiger partial charge is 0.271 e. The van der Waals surface area contributed by atoms with Crippen LogP contribution in [0.1, 0.15) is 43.0 Å². The van der Waals surface area contributed by atoms with Gasteiger partial charge in [0.1, 0.15) is 11.5 Å². The number of amides is 1. The number of nitro benzene ring substituents is 1. The zero-order valence-electron chi connectivity index (χ0n) is 16.3. The van der Waals surface area contributed by atoms with Crippen molar-refractivity contribution < 1.29 is 19.6 Å². The van der Waals surface area contributed by atoms with Gasteiger partial charge in [-0.2, -0.15) is 0 Å². The second kappa shape index (κ2) is 11.5. The van der Waals surface area contributed by atoms with Gasteiger partial charge in [-0.05, 0) is 42.9 Å². The first kappa shape index (κ1) is 23.6. The normalized spacial score (nSPS) is 10.3. The van der Waals surface area contributed by atoms with Gasteiger partial charge < -0.3 is 15.2 Å². The number of hydrogen-bond acceptors (Lipinski definition) is 6. The molecule has 3 N–H and O–H groups in total. The molecule has 160 valence electrons. The van der Waals surface area contributed by atoms with Crippen molar-refractivity contribution in [2.75, 3.05) is 11.9 Å². The van der Waals surface area contributed by atoms with Gasteiger partial charge in [0.2, 0.25) is 0 Å². The summed E-state index contributed by atoms with van der Waals surface area (Å²) in [5.74, 6) is -0.328. The molecule has 2 rings (SSSR count). The molecule has 2 aromatic carbocycles. The lowest BCUT2D eigenvalue weighted by Gasteiger charge is -2.14. The van der Waals surface area contributed by atoms with Crippen LogP contribution in [0.2, 0.25) is 0 Å². The molecule has 0 heterocycles. The summed E-state index contributed by atoms with van der Waals surface area (Å²) in [6.45, 7) is 2.62. The number of carbonyl (C=O) groups is 1. The Balaban J connectivity index is 2.06. The Bertz CT molecular complexity index is 939. The van der Waals surface area contributed by atoms with Crippen molar-refractivity contribution in [2.24, 2.45) is 0 Å². The molecule has 0 fully saturated rings. The number of anilines is 1. The van der Waals surface area contributed by atoms with Gasteiger partial charge in [0.25, 0.3) is 11.6 Å². The average Bonchev–Trinajstić information content (AvgIpc) is 2.70. The third kappa shape index (κ3) is 6.96. The number of nitrogens with zero attached hydrogens (tertiary/aromatic N) is 1. The molecule has 0 unspecified atom stereocenters. The van der Waals surface area contributed by atoms with E-state index in [9.17, 15) is 20.0 Å². The average molecular weight is 496 g/mol. The maximum absolute atomic E-state index is 12.7. The molecule has 0 aliphatic carbocycles. The van der Waals surface area contributed by atoms with Crippen LogP contribution < -0.4 is 15.4 Å². The first-order chi connectivity index (χ1) is 14.3. The molecule has 2 aromatic rings. The Hall–Kier alpha value is -2.72. The van der Waals surface area contributed by atoms with Crippen molar-refractivity contribution in [2.45, 2.75) is 32.6 Å². The number of unbranched alkanes of at least 4 members (excludes halogenated alkanes) is 3. The third-order valence-electron chi connectivity index (χ3n) is 4.11. The number of phenols is 1. The molecular weight excluding hydrogens is 474 g/mol. The highest BCUT2D eigenvalue weighted by Crippen LogP contribution is 2.28. The lowest BCUT2D eigenvalue weighted by molar-refractivity contribution is -0.384. The van der Waals surface area contributed by atoms with Gasteiger partial charge in [-0.15, -0.1) is 0 Å². The number of non-ortho nitro benzene ring substituents is 1. The van der Waals surface area contributed by atoms with E-state index in [1.165, 1.54) is 6.07 Å². The Morgan fingerprint density at radius 1 is 1.23 bits per heavy atom. The van der Waals surface area contributed by atoms with E-state index in [-0.39, 0.29) is 27.8 Å². The number of phenolic OH excluding ortho intramolecular Hbond substituents is 1. The zero-order chi connectivity index (χ0) is 22.1. The number of nitro groups is 1. The summed E-state index contributed by atoms with van der Waals surface area (Å²) in [6.07, 6.45) is 4.18. The lowest BCUT2D eigenvalue weighted by atomic mass is 10.2. The van der Waals surface area contributed by atoms with Gasteiger partial charge in [-0.1, -0.05) is 42.1 Å². The van der Waals surface area contributed by atoms with E-state index in [0.717, 1.165) is 37.8 Å². The Morgan fingerprint density at radius 2 is 2.00 bits per heavy atom. The molecule has 0 saturated carbocycles. The summed E-state index contributed by atoms with van der Waals surface area (Å²) in [6, 6.07) is 8.54. The van der Waals surface area contributed by atoms with Crippen molar-refractivity contribution in [3.8, 4) is 11.5 Å². The number of aromatic hydroxyl groups is 1. The minimum absolute atomic E-state index is 0.0103. The fourth-order valence-corrected chi connectivity index (χ4v) is 3.14. The van der Waals surface area contributed by atoms with E-state index in [1.54, 1.807) is 18.2 Å². The van der Waals surface area contributed by atoms with Crippen LogP contribution in [0.4, 0.5) is 11.4 Å². The van der Waals surface area contributed by atoms with Gasteiger partial charge in [-0.3, -0.25) is 20.2 Å². The number of benzene rings is 2. The molecule has 0 saturated heterocycles. The molecule has 0 aliphatic rings. The predicted octanol–water partition coefficient (Wildman–Crippen LogP) is 5.15. The van der Waals surface area contributed by atoms with Crippen molar-refractivity contribution in [3.05, 3.63) is 56.5 Å². The number of rotatable bonds is 9. The summed E-state index contributed by atoms with van der Waals surface area (Å²) in [5.41, 5.74) is 0.0681. The van der Waals surface area contributed by atoms with Crippen molar-refractivity contribution in [1.82, 2.24) is 5.32 Å². The Kier molecular flexibility index (Phi) is 9.00. The Morgan fingerprint density at radius 3 is 2.70 bits per heavy atom. The van der Waals surface area contributed by atoms with Gasteiger partial charge in [-0.25, -0.2) is 0 Å². The van der Waals surface area contributed by atoms with Crippen LogP contribution >= 0.6 is 28.1 Å². The maximum atomic E-state index is 12.7. The summed E-state index contributed by atoms with van der Waals surface area (Å²) in [5, 5.41) is 25.8. The SMILES string of the molecule is CCCCCCOc1ccc(Br)cc1C(=O)NC(=S)Nc1cc([N+](=O)[O-])ccc1O. The highest BCUT2D eigenvalue weighted by Gasteiger charge is 2.17. The second-order valence-corrected chi connectivity index (χ2v) is 7.74. The molecule has 8 nitrogen and oxygen atoms in total. The monoisotopic (exact) mass is 495 g/mol. The standard InChI is InChI=1S/C20H22BrN3O5S/c1-2-3-4-5-10-29-18-9-6-13(21)11-15(18)19(26)23-20(30)22-16-12-14(24(27)28)7-8-17(16)25/h6-9,11-12,25H,2-5,10H2,1H3,(H2,22,23,26,30). The van der Waals surface area contributed by atoms with Gasteiger partial charge in [0.15, 0.2) is 5.11 Å². The van der Waals surface area contributed by atoms with E-state index in [1.807, 2.05) is 0 Å². The number of ether oxygens (including phenoxy) is 1. The molecule has 10 heteroatoms. The molecular formula is C20H22BrN3O5S. The fraction of sp³-hybridized carbons (Fsp3) is 0.300. The number of nitrogens with one attached hydrogen (secondary N) is 2. The number of carbonyl (C=O) groups excluding carboxylic acids is 1. The van der Waals surface area contributed by atoms with Crippen LogP contribution in [0.5, 0.6) is 11.5 Å². The van der Waals surface area contributed by atoms with Gasteiger partial charge in [0, 0.05) is 16.6 Å². The van der Waals surface area contributed by atoms with E-state index in [2.05, 4.69) is 33.5 Å². The van der Waals surface area contributed by atoms with Crippen molar-refractivity contribution >= 4 is 50.5 Å². The van der Waals surface area contributed by atoms with Crippen LogP contribution in [-0.4, -0.2) is 27.7 Å². The van der Waals surface area contributed by atoms with E-state index >= 15 is 0 Å². The van der Waals surface area contributed by atoms with Crippen LogP contribution in [0, 0.1) is 10.1 Å². The molecule has 0 spiro atoms. The molecule has 0 radical (unpaired) electrons. The topological polar surface area (TPSA) is 114 Å². The van der Waals surface area contributed by atoms with Crippen LogP contribution in [0.3, 0.4) is 0 Å². The van der Waals surface area contributed by atoms with E-state index in [0.29, 0.717) is 16.8 Å². The highest BCUT2D eigenvalue weighted by molar-refractivity contribution is 9.10. The number of hydrogen-bond donors (Lipinski definition) is 3. The summed E-state index contributed by atoms with van der Waals surface area (Å²) in [4.78, 5) is 23.0. The zero-order valence-corrected chi connectivity index (χ0v) is 18.7. The molecule has 0 aromatic heterocycles. The minimum Gasteiger partial charge on any atom is -0.506 e. The number of halogens is 1. The lowest BCUT2D eigenvalue weighted by Crippen LogP contribution is -2.34. The summed E-state index contributed by atoms with van der Waals surface area (Å²) < 4.78 is 6.46. The van der Waals surface area contributed by atoms with E-state index < -0.39 is 10.8 Å². The maximum Gasteiger partial charge on any atom is 0.271 e. The molecule has 1 amide bonds. The minimum atomic E-state index is -0.599. The largest absolute Gasteiger partial charge is 0.506 e. The first-order valence-corrected chi connectivity index (χ1v) is 10.5. The predicted molar refractivity (Wildman–Crippen MR) is 122 cm³/mol. The fourth-order valence-electron chi connectivity index (χ4n) is 2.58. The molecule has 0 atom stereocenters. The van der Waals surface area contributed by atoms with Crippen LogP contribution in [-0.2, 0) is 0 Å². The molecule has 0 aliphatic heterocycles. The van der Waals surface area contributed by atoms with Crippen LogP contribution in [0.15, 0.2) is 40.9 Å². The number of thiocarbonyl (C=S) groups is 1. The molecule has 30 heavy (non-hydrogen) atoms. The van der Waals surface area contributed by atoms with Gasteiger partial charge >= 0.3 is 0 Å².